The Kier molecular flexibility index (Phi) is 6.36. The monoisotopic (exact) mass is 384 g/mol. The van der Waals surface area contributed by atoms with E-state index < -0.39 is 0 Å². The maximum Gasteiger partial charge on any atom is 0.0929 e. The minimum atomic E-state index is 0.178. The van der Waals surface area contributed by atoms with Gasteiger partial charge in [-0.2, -0.15) is 10.2 Å². The predicted octanol–water partition coefficient (Wildman–Crippen LogP) is 5.73. The van der Waals surface area contributed by atoms with Gasteiger partial charge in [-0.05, 0) is 61.5 Å². The Morgan fingerprint density at radius 3 is 2.28 bits per heavy atom. The second-order valence-corrected chi connectivity index (χ2v) is 8.25. The molecule has 2 heterocycles. The lowest BCUT2D eigenvalue weighted by atomic mass is 9.92. The first kappa shape index (κ1) is 19.8. The van der Waals surface area contributed by atoms with Gasteiger partial charge in [0.05, 0.1) is 11.4 Å². The molecule has 29 heavy (non-hydrogen) atoms. The van der Waals surface area contributed by atoms with Crippen molar-refractivity contribution in [3.8, 4) is 11.3 Å². The topological polar surface area (TPSA) is 29.0 Å². The van der Waals surface area contributed by atoms with Crippen molar-refractivity contribution in [1.82, 2.24) is 15.1 Å². The van der Waals surface area contributed by atoms with Gasteiger partial charge in [-0.3, -0.25) is 4.90 Å². The Bertz CT molecular complexity index is 880. The van der Waals surface area contributed by atoms with Crippen LogP contribution in [-0.4, -0.2) is 28.2 Å². The summed E-state index contributed by atoms with van der Waals surface area (Å²) in [6, 6.07) is 23.3. The molecule has 0 spiro atoms. The van der Waals surface area contributed by atoms with E-state index in [-0.39, 0.29) is 5.92 Å². The van der Waals surface area contributed by atoms with Crippen molar-refractivity contribution < 1.29 is 0 Å². The number of hydrogen-bond donors (Lipinski definition) is 0. The van der Waals surface area contributed by atoms with Crippen LogP contribution in [-0.2, 0) is 6.54 Å². The van der Waals surface area contributed by atoms with Gasteiger partial charge in [0.1, 0.15) is 0 Å². The van der Waals surface area contributed by atoms with Crippen LogP contribution in [0.15, 0.2) is 66.7 Å². The van der Waals surface area contributed by atoms with Crippen molar-refractivity contribution >= 4 is 0 Å². The van der Waals surface area contributed by atoms with E-state index in [1.165, 1.54) is 37.1 Å². The smallest absolute Gasteiger partial charge is 0.0929 e. The van der Waals surface area contributed by atoms with Gasteiger partial charge in [0, 0.05) is 18.0 Å². The van der Waals surface area contributed by atoms with Gasteiger partial charge in [0.25, 0.3) is 0 Å². The molecular formula is C26H30N3. The highest BCUT2D eigenvalue weighted by Gasteiger charge is 2.17. The van der Waals surface area contributed by atoms with Crippen molar-refractivity contribution in [3.05, 3.63) is 90.5 Å². The maximum absolute atomic E-state index is 4.53. The van der Waals surface area contributed by atoms with Crippen molar-refractivity contribution in [2.75, 3.05) is 13.1 Å². The van der Waals surface area contributed by atoms with Gasteiger partial charge in [0.15, 0.2) is 0 Å². The molecule has 1 unspecified atom stereocenters. The average Bonchev–Trinajstić information content (AvgIpc) is 2.78. The van der Waals surface area contributed by atoms with Crippen LogP contribution in [0, 0.1) is 12.8 Å². The van der Waals surface area contributed by atoms with Gasteiger partial charge in [-0.25, -0.2) is 0 Å². The summed E-state index contributed by atoms with van der Waals surface area (Å²) < 4.78 is 0. The van der Waals surface area contributed by atoms with Crippen molar-refractivity contribution in [3.63, 3.8) is 0 Å². The summed E-state index contributed by atoms with van der Waals surface area (Å²) in [5.74, 6) is 1.05. The standard InChI is InChI=1S/C26H30N3/c1-3-24(26-14-13-25(27-28-26)23-7-5-4-6-8-23)22-11-9-21(10-12-22)19-29-17-15-20(2)16-18-29/h4-14,20,24H,1,3,15-19H2,2H3. The number of hydrogen-bond acceptors (Lipinski definition) is 3. The third kappa shape index (κ3) is 4.91. The summed E-state index contributed by atoms with van der Waals surface area (Å²) in [7, 11) is 0. The minimum absolute atomic E-state index is 0.178. The number of benzene rings is 2. The average molecular weight is 385 g/mol. The second kappa shape index (κ2) is 9.32. The summed E-state index contributed by atoms with van der Waals surface area (Å²) >= 11 is 0. The first-order valence-electron chi connectivity index (χ1n) is 10.7. The van der Waals surface area contributed by atoms with Crippen LogP contribution in [0.3, 0.4) is 0 Å². The molecule has 1 fully saturated rings. The molecule has 3 aromatic rings. The fourth-order valence-corrected chi connectivity index (χ4v) is 4.11. The summed E-state index contributed by atoms with van der Waals surface area (Å²) in [5.41, 5.74) is 5.63. The van der Waals surface area contributed by atoms with Crippen LogP contribution < -0.4 is 0 Å². The molecule has 1 radical (unpaired) electrons. The van der Waals surface area contributed by atoms with E-state index in [2.05, 4.69) is 77.5 Å². The number of rotatable bonds is 6. The molecule has 1 aliphatic rings. The molecule has 4 rings (SSSR count). The molecule has 0 amide bonds. The van der Waals surface area contributed by atoms with Crippen LogP contribution in [0.2, 0.25) is 0 Å². The molecule has 1 aromatic heterocycles. The summed E-state index contributed by atoms with van der Waals surface area (Å²) in [6.07, 6.45) is 3.40. The molecule has 1 saturated heterocycles. The highest BCUT2D eigenvalue weighted by Crippen LogP contribution is 2.28. The minimum Gasteiger partial charge on any atom is -0.299 e. The molecule has 149 valence electrons. The molecule has 0 N–H and O–H groups in total. The number of nitrogens with zero attached hydrogens (tertiary/aromatic N) is 3. The number of piperidine rings is 1. The lowest BCUT2D eigenvalue weighted by molar-refractivity contribution is 0.185. The van der Waals surface area contributed by atoms with Gasteiger partial charge in [0.2, 0.25) is 0 Å². The molecule has 0 aliphatic carbocycles. The molecule has 2 aromatic carbocycles. The van der Waals surface area contributed by atoms with Crippen molar-refractivity contribution in [2.45, 2.75) is 38.6 Å². The van der Waals surface area contributed by atoms with E-state index in [4.69, 9.17) is 0 Å². The molecule has 0 bridgehead atoms. The van der Waals surface area contributed by atoms with Gasteiger partial charge >= 0.3 is 0 Å². The fraction of sp³-hybridized carbons (Fsp3) is 0.346. The Morgan fingerprint density at radius 1 is 0.931 bits per heavy atom. The van der Waals surface area contributed by atoms with Gasteiger partial charge in [-0.15, -0.1) is 0 Å². The molecule has 3 nitrogen and oxygen atoms in total. The highest BCUT2D eigenvalue weighted by atomic mass is 15.1. The summed E-state index contributed by atoms with van der Waals surface area (Å²) in [6.45, 7) is 10.0. The van der Waals surface area contributed by atoms with Gasteiger partial charge < -0.3 is 0 Å². The third-order valence-electron chi connectivity index (χ3n) is 6.06. The van der Waals surface area contributed by atoms with Crippen LogP contribution in [0.25, 0.3) is 11.3 Å². The Hall–Kier alpha value is -2.52. The van der Waals surface area contributed by atoms with Gasteiger partial charge in [-0.1, -0.05) is 68.4 Å². The first-order valence-corrected chi connectivity index (χ1v) is 10.7. The molecule has 1 aliphatic heterocycles. The fourth-order valence-electron chi connectivity index (χ4n) is 4.11. The van der Waals surface area contributed by atoms with Crippen molar-refractivity contribution in [1.29, 1.82) is 0 Å². The van der Waals surface area contributed by atoms with E-state index in [0.717, 1.165) is 35.8 Å². The van der Waals surface area contributed by atoms with E-state index in [1.807, 2.05) is 18.2 Å². The third-order valence-corrected chi connectivity index (χ3v) is 6.06. The lowest BCUT2D eigenvalue weighted by Crippen LogP contribution is -2.32. The summed E-state index contributed by atoms with van der Waals surface area (Å²) in [4.78, 5) is 2.57. The zero-order valence-electron chi connectivity index (χ0n) is 17.3. The number of likely N-dealkylation sites (tertiary alicyclic amines) is 1. The van der Waals surface area contributed by atoms with Crippen molar-refractivity contribution in [2.24, 2.45) is 5.92 Å². The van der Waals surface area contributed by atoms with E-state index >= 15 is 0 Å². The second-order valence-electron chi connectivity index (χ2n) is 8.25. The largest absolute Gasteiger partial charge is 0.299 e. The Morgan fingerprint density at radius 2 is 1.66 bits per heavy atom. The van der Waals surface area contributed by atoms with E-state index in [0.29, 0.717) is 0 Å². The molecule has 3 heteroatoms. The normalized spacial score (nSPS) is 16.6. The van der Waals surface area contributed by atoms with E-state index in [9.17, 15) is 0 Å². The molecule has 1 atom stereocenters. The first-order chi connectivity index (χ1) is 14.2. The van der Waals surface area contributed by atoms with Crippen LogP contribution in [0.5, 0.6) is 0 Å². The Labute approximate surface area is 174 Å². The quantitative estimate of drug-likeness (QED) is 0.543. The van der Waals surface area contributed by atoms with Crippen LogP contribution in [0.1, 0.15) is 48.9 Å². The Balaban J connectivity index is 1.45. The lowest BCUT2D eigenvalue weighted by Gasteiger charge is -2.30. The van der Waals surface area contributed by atoms with Crippen LogP contribution >= 0.6 is 0 Å². The zero-order chi connectivity index (χ0) is 20.1. The SMILES string of the molecule is [CH2]CC(c1ccc(CN2CCC(C)CC2)cc1)c1ccc(-c2ccccc2)nn1. The molecule has 0 saturated carbocycles. The van der Waals surface area contributed by atoms with Crippen LogP contribution in [0.4, 0.5) is 0 Å². The molecular weight excluding hydrogens is 354 g/mol. The summed E-state index contributed by atoms with van der Waals surface area (Å²) in [5, 5.41) is 8.99. The highest BCUT2D eigenvalue weighted by molar-refractivity contribution is 5.58. The predicted molar refractivity (Wildman–Crippen MR) is 119 cm³/mol. The number of aromatic nitrogens is 2. The van der Waals surface area contributed by atoms with E-state index in [1.54, 1.807) is 0 Å². The maximum atomic E-state index is 4.53. The zero-order valence-corrected chi connectivity index (χ0v) is 17.3.